The fraction of sp³-hybridized carbons (Fsp3) is 0.333. The van der Waals surface area contributed by atoms with Gasteiger partial charge in [0.2, 0.25) is 0 Å². The molecule has 1 N–H and O–H groups in total. The van der Waals surface area contributed by atoms with Crippen LogP contribution in [0.1, 0.15) is 54.6 Å². The van der Waals surface area contributed by atoms with Crippen molar-refractivity contribution < 1.29 is 19.1 Å². The summed E-state index contributed by atoms with van der Waals surface area (Å²) >= 11 is 0. The van der Waals surface area contributed by atoms with Crippen LogP contribution in [0.2, 0.25) is 0 Å². The van der Waals surface area contributed by atoms with Crippen LogP contribution in [0, 0.1) is 29.6 Å². The second-order valence-electron chi connectivity index (χ2n) is 7.78. The van der Waals surface area contributed by atoms with Crippen molar-refractivity contribution in [2.75, 3.05) is 7.11 Å². The third-order valence-electron chi connectivity index (χ3n) is 5.26. The van der Waals surface area contributed by atoms with E-state index in [1.165, 1.54) is 7.11 Å². The molecule has 1 fully saturated rings. The summed E-state index contributed by atoms with van der Waals surface area (Å²) in [5, 5.41) is 2.76. The molecule has 0 saturated heterocycles. The number of ether oxygens (including phenoxy) is 2. The molecule has 0 radical (unpaired) electrons. The molecule has 2 atom stereocenters. The molecule has 0 aromatic heterocycles. The Morgan fingerprint density at radius 2 is 1.56 bits per heavy atom. The van der Waals surface area contributed by atoms with Crippen LogP contribution < -0.4 is 10.1 Å². The van der Waals surface area contributed by atoms with E-state index in [1.807, 2.05) is 38.1 Å². The number of benzene rings is 2. The predicted molar refractivity (Wildman–Crippen MR) is 123 cm³/mol. The van der Waals surface area contributed by atoms with Gasteiger partial charge in [-0.2, -0.15) is 0 Å². The molecule has 5 nitrogen and oxygen atoms in total. The van der Waals surface area contributed by atoms with Crippen molar-refractivity contribution in [3.05, 3.63) is 65.2 Å². The molecule has 0 unspecified atom stereocenters. The largest absolute Gasteiger partial charge is 0.490 e. The molecule has 2 aromatic carbocycles. The number of carbonyl (C=O) groups is 2. The summed E-state index contributed by atoms with van der Waals surface area (Å²) in [5.41, 5.74) is 2.07. The van der Waals surface area contributed by atoms with Crippen LogP contribution in [0.5, 0.6) is 5.75 Å². The van der Waals surface area contributed by atoms with E-state index in [1.54, 1.807) is 24.3 Å². The van der Waals surface area contributed by atoms with Gasteiger partial charge >= 0.3 is 5.97 Å². The van der Waals surface area contributed by atoms with Crippen molar-refractivity contribution in [3.8, 4) is 29.4 Å². The summed E-state index contributed by atoms with van der Waals surface area (Å²) in [5.74, 6) is 11.7. The van der Waals surface area contributed by atoms with E-state index in [9.17, 15) is 9.59 Å². The normalized spacial score (nSPS) is 14.0. The van der Waals surface area contributed by atoms with Crippen molar-refractivity contribution in [1.29, 1.82) is 0 Å². The van der Waals surface area contributed by atoms with Gasteiger partial charge in [0.1, 0.15) is 11.8 Å². The first-order valence-electron chi connectivity index (χ1n) is 10.8. The number of carbonyl (C=O) groups excluding carboxylic acids is 2. The minimum atomic E-state index is -0.679. The highest BCUT2D eigenvalue weighted by Gasteiger charge is 2.27. The summed E-state index contributed by atoms with van der Waals surface area (Å²) in [6.07, 6.45) is 3.39. The third-order valence-corrected chi connectivity index (χ3v) is 5.26. The first-order chi connectivity index (χ1) is 15.5. The van der Waals surface area contributed by atoms with Gasteiger partial charge in [-0.05, 0) is 79.1 Å². The lowest BCUT2D eigenvalue weighted by atomic mass is 9.98. The number of nitrogens with one attached hydrogen (secondary N) is 1. The molecule has 164 valence electrons. The van der Waals surface area contributed by atoms with Gasteiger partial charge in [-0.1, -0.05) is 32.1 Å². The lowest BCUT2D eigenvalue weighted by Gasteiger charge is -2.21. The highest BCUT2D eigenvalue weighted by Crippen LogP contribution is 2.26. The number of rotatable bonds is 7. The average Bonchev–Trinajstić information content (AvgIpc) is 3.64. The quantitative estimate of drug-likeness (QED) is 0.535. The van der Waals surface area contributed by atoms with Gasteiger partial charge in [-0.15, -0.1) is 0 Å². The lowest BCUT2D eigenvalue weighted by Crippen LogP contribution is -2.45. The molecule has 1 aliphatic rings. The fourth-order valence-corrected chi connectivity index (χ4v) is 2.93. The molecule has 0 spiro atoms. The molecule has 1 amide bonds. The summed E-state index contributed by atoms with van der Waals surface area (Å²) in [4.78, 5) is 24.5. The second kappa shape index (κ2) is 11.1. The van der Waals surface area contributed by atoms with Crippen LogP contribution in [0.15, 0.2) is 48.5 Å². The van der Waals surface area contributed by atoms with Crippen molar-refractivity contribution >= 4 is 11.9 Å². The van der Waals surface area contributed by atoms with E-state index in [0.29, 0.717) is 11.7 Å². The van der Waals surface area contributed by atoms with Gasteiger partial charge in [0.15, 0.2) is 0 Å². The Hall–Kier alpha value is -3.70. The van der Waals surface area contributed by atoms with E-state index in [4.69, 9.17) is 9.47 Å². The topological polar surface area (TPSA) is 64.6 Å². The van der Waals surface area contributed by atoms with E-state index in [2.05, 4.69) is 29.0 Å². The van der Waals surface area contributed by atoms with Crippen molar-refractivity contribution in [2.24, 2.45) is 5.92 Å². The molecule has 0 aliphatic heterocycles. The van der Waals surface area contributed by atoms with Gasteiger partial charge in [0.25, 0.3) is 5.91 Å². The Morgan fingerprint density at radius 1 is 1.00 bits per heavy atom. The molecular formula is C27H27NO4. The van der Waals surface area contributed by atoms with Crippen LogP contribution in [0.25, 0.3) is 0 Å². The van der Waals surface area contributed by atoms with Crippen molar-refractivity contribution in [3.63, 3.8) is 0 Å². The highest BCUT2D eigenvalue weighted by molar-refractivity contribution is 5.96. The van der Waals surface area contributed by atoms with E-state index >= 15 is 0 Å². The number of methoxy groups -OCH3 is 1. The third kappa shape index (κ3) is 6.65. The molecular weight excluding hydrogens is 402 g/mol. The van der Waals surface area contributed by atoms with Gasteiger partial charge in [0, 0.05) is 16.7 Å². The summed E-state index contributed by atoms with van der Waals surface area (Å²) in [6.45, 7) is 3.86. The Bertz CT molecular complexity index is 1060. The molecule has 1 saturated carbocycles. The average molecular weight is 430 g/mol. The Kier molecular flexibility index (Phi) is 7.95. The molecule has 5 heteroatoms. The minimum absolute atomic E-state index is 0.0305. The van der Waals surface area contributed by atoms with Crippen molar-refractivity contribution in [1.82, 2.24) is 5.32 Å². The maximum absolute atomic E-state index is 12.5. The van der Waals surface area contributed by atoms with Crippen LogP contribution in [-0.2, 0) is 9.53 Å². The predicted octanol–water partition coefficient (Wildman–Crippen LogP) is 3.95. The lowest BCUT2D eigenvalue weighted by molar-refractivity contribution is -0.144. The van der Waals surface area contributed by atoms with Crippen LogP contribution in [-0.4, -0.2) is 31.1 Å². The molecule has 3 rings (SSSR count). The van der Waals surface area contributed by atoms with Gasteiger partial charge in [0.05, 0.1) is 13.2 Å². The summed E-state index contributed by atoms with van der Waals surface area (Å²) in [7, 11) is 1.32. The smallest absolute Gasteiger partial charge is 0.328 e. The fourth-order valence-electron chi connectivity index (χ4n) is 2.93. The summed E-state index contributed by atoms with van der Waals surface area (Å²) in [6, 6.07) is 13.9. The number of esters is 1. The molecule has 0 heterocycles. The van der Waals surface area contributed by atoms with Crippen LogP contribution in [0.3, 0.4) is 0 Å². The van der Waals surface area contributed by atoms with Gasteiger partial charge in [-0.25, -0.2) is 4.79 Å². The Labute approximate surface area is 189 Å². The minimum Gasteiger partial charge on any atom is -0.490 e. The summed E-state index contributed by atoms with van der Waals surface area (Å²) < 4.78 is 10.5. The molecule has 1 aliphatic carbocycles. The van der Waals surface area contributed by atoms with Crippen LogP contribution in [0.4, 0.5) is 0 Å². The maximum atomic E-state index is 12.5. The number of amides is 1. The molecule has 2 aromatic rings. The van der Waals surface area contributed by atoms with Crippen LogP contribution >= 0.6 is 0 Å². The SMILES string of the molecule is CC[C@H](C)[C@H](NC(=O)c1ccc(C#CC#Cc2ccc(OC3CC3)cc2)cc1)C(=O)OC. The monoisotopic (exact) mass is 429 g/mol. The maximum Gasteiger partial charge on any atom is 0.328 e. The zero-order chi connectivity index (χ0) is 22.9. The van der Waals surface area contributed by atoms with E-state index < -0.39 is 12.0 Å². The van der Waals surface area contributed by atoms with Gasteiger partial charge in [-0.3, -0.25) is 4.79 Å². The van der Waals surface area contributed by atoms with E-state index in [-0.39, 0.29) is 11.8 Å². The second-order valence-corrected chi connectivity index (χ2v) is 7.78. The molecule has 0 bridgehead atoms. The van der Waals surface area contributed by atoms with Gasteiger partial charge < -0.3 is 14.8 Å². The molecule has 32 heavy (non-hydrogen) atoms. The van der Waals surface area contributed by atoms with Crippen molar-refractivity contribution in [2.45, 2.75) is 45.3 Å². The highest BCUT2D eigenvalue weighted by atomic mass is 16.5. The zero-order valence-corrected chi connectivity index (χ0v) is 18.6. The zero-order valence-electron chi connectivity index (χ0n) is 18.6. The number of hydrogen-bond acceptors (Lipinski definition) is 4. The standard InChI is InChI=1S/C27H27NO4/c1-4-19(2)25(27(30)31-3)28-26(29)22-13-9-20(10-14-22)7-5-6-8-21-11-15-23(16-12-21)32-24-17-18-24/h9-16,19,24-25H,4,17-18H2,1-3H3,(H,28,29)/t19-,25-/m0/s1. The first kappa shape index (κ1) is 23.0. The Balaban J connectivity index is 1.58. The van der Waals surface area contributed by atoms with E-state index in [0.717, 1.165) is 36.1 Å². The number of hydrogen-bond donors (Lipinski definition) is 1. The first-order valence-corrected chi connectivity index (χ1v) is 10.8. The Morgan fingerprint density at radius 3 is 2.06 bits per heavy atom.